The second kappa shape index (κ2) is 12.3. The van der Waals surface area contributed by atoms with Gasteiger partial charge in [0, 0.05) is 19.0 Å². The van der Waals surface area contributed by atoms with Crippen LogP contribution in [0.4, 0.5) is 0 Å². The number of hydrogen-bond donors (Lipinski definition) is 1. The van der Waals surface area contributed by atoms with Crippen molar-refractivity contribution in [2.45, 2.75) is 45.4 Å². The van der Waals surface area contributed by atoms with E-state index in [2.05, 4.69) is 5.32 Å². The summed E-state index contributed by atoms with van der Waals surface area (Å²) in [4.78, 5) is 12.9. The zero-order valence-electron chi connectivity index (χ0n) is 20.2. The summed E-state index contributed by atoms with van der Waals surface area (Å²) in [6, 6.07) is 10.2. The van der Waals surface area contributed by atoms with E-state index in [9.17, 15) is 13.2 Å². The van der Waals surface area contributed by atoms with Crippen LogP contribution in [0.15, 0.2) is 36.4 Å². The molecule has 10 heteroatoms. The molecule has 0 spiro atoms. The number of benzene rings is 2. The molecule has 35 heavy (non-hydrogen) atoms. The second-order valence-corrected chi connectivity index (χ2v) is 11.3. The van der Waals surface area contributed by atoms with E-state index in [1.807, 2.05) is 39.0 Å². The van der Waals surface area contributed by atoms with Crippen LogP contribution in [-0.2, 0) is 20.6 Å². The van der Waals surface area contributed by atoms with Gasteiger partial charge in [-0.15, -0.1) is 0 Å². The number of carbonyl (C=O) groups excluding carboxylic acids is 1. The van der Waals surface area contributed by atoms with Crippen molar-refractivity contribution >= 4 is 39.1 Å². The fourth-order valence-corrected chi connectivity index (χ4v) is 5.95. The van der Waals surface area contributed by atoms with Crippen LogP contribution in [0.1, 0.15) is 50.8 Å². The fraction of sp³-hybridized carbons (Fsp3) is 0.480. The maximum atomic E-state index is 12.9. The summed E-state index contributed by atoms with van der Waals surface area (Å²) in [5.41, 5.74) is 1.49. The number of nitrogens with one attached hydrogen (secondary N) is 1. The van der Waals surface area contributed by atoms with E-state index < -0.39 is 10.0 Å². The van der Waals surface area contributed by atoms with Crippen LogP contribution in [0.2, 0.25) is 10.0 Å². The first-order valence-corrected chi connectivity index (χ1v) is 14.1. The van der Waals surface area contributed by atoms with E-state index in [1.54, 1.807) is 18.2 Å². The number of nitrogens with zero attached hydrogens (tertiary/aromatic N) is 1. The number of amides is 1. The van der Waals surface area contributed by atoms with Crippen molar-refractivity contribution in [3.8, 4) is 11.5 Å². The van der Waals surface area contributed by atoms with E-state index in [4.69, 9.17) is 32.7 Å². The Morgan fingerprint density at radius 3 is 2.31 bits per heavy atom. The van der Waals surface area contributed by atoms with Crippen molar-refractivity contribution in [1.82, 2.24) is 9.62 Å². The molecule has 0 aliphatic carbocycles. The highest BCUT2D eigenvalue weighted by molar-refractivity contribution is 7.88. The van der Waals surface area contributed by atoms with Gasteiger partial charge in [-0.1, -0.05) is 35.3 Å². The third-order valence-corrected chi connectivity index (χ3v) is 8.57. The van der Waals surface area contributed by atoms with Crippen LogP contribution in [0.5, 0.6) is 11.5 Å². The Balaban J connectivity index is 1.57. The molecule has 0 unspecified atom stereocenters. The smallest absolute Gasteiger partial charge is 0.223 e. The lowest BCUT2D eigenvalue weighted by atomic mass is 9.96. The van der Waals surface area contributed by atoms with Crippen LogP contribution >= 0.6 is 23.2 Å². The van der Waals surface area contributed by atoms with Gasteiger partial charge in [0.1, 0.15) is 0 Å². The third-order valence-electron chi connectivity index (χ3n) is 5.98. The van der Waals surface area contributed by atoms with Crippen LogP contribution in [-0.4, -0.2) is 44.9 Å². The van der Waals surface area contributed by atoms with E-state index in [1.165, 1.54) is 4.31 Å². The normalized spacial score (nSPS) is 16.0. The molecule has 3 rings (SSSR count). The monoisotopic (exact) mass is 542 g/mol. The minimum atomic E-state index is -3.53. The maximum absolute atomic E-state index is 12.9. The summed E-state index contributed by atoms with van der Waals surface area (Å²) in [5.74, 6) is 0.839. The average Bonchev–Trinajstić information content (AvgIpc) is 2.82. The highest BCUT2D eigenvalue weighted by Gasteiger charge is 2.31. The van der Waals surface area contributed by atoms with Gasteiger partial charge in [0.05, 0.1) is 35.1 Å². The Morgan fingerprint density at radius 2 is 1.69 bits per heavy atom. The number of ether oxygens (including phenoxy) is 2. The first kappa shape index (κ1) is 27.6. The number of piperidine rings is 1. The molecule has 1 saturated heterocycles. The maximum Gasteiger partial charge on any atom is 0.223 e. The van der Waals surface area contributed by atoms with Gasteiger partial charge < -0.3 is 14.8 Å². The standard InChI is InChI=1S/C25H32Cl2N2O5S/c1-4-33-23-9-7-20(15-24(23)34-5-2)17(3)28-25(30)19-10-12-29(13-11-19)35(31,32)16-18-6-8-21(26)22(27)14-18/h6-9,14-15,17,19H,4-5,10-13,16H2,1-3H3,(H,28,30)/t17-/m0/s1. The molecule has 2 aromatic carbocycles. The van der Waals surface area contributed by atoms with E-state index >= 15 is 0 Å². The Morgan fingerprint density at radius 1 is 1.03 bits per heavy atom. The van der Waals surface area contributed by atoms with Crippen LogP contribution in [0, 0.1) is 5.92 Å². The number of carbonyl (C=O) groups is 1. The molecule has 7 nitrogen and oxygen atoms in total. The molecule has 2 aromatic rings. The Bertz CT molecular complexity index is 1130. The summed E-state index contributed by atoms with van der Waals surface area (Å²) in [6.07, 6.45) is 0.930. The highest BCUT2D eigenvalue weighted by atomic mass is 35.5. The predicted molar refractivity (Wildman–Crippen MR) is 139 cm³/mol. The van der Waals surface area contributed by atoms with Crippen LogP contribution in [0.3, 0.4) is 0 Å². The average molecular weight is 544 g/mol. The molecule has 1 atom stereocenters. The van der Waals surface area contributed by atoms with Crippen LogP contribution < -0.4 is 14.8 Å². The minimum Gasteiger partial charge on any atom is -0.490 e. The molecule has 192 valence electrons. The molecular formula is C25H32Cl2N2O5S. The van der Waals surface area contributed by atoms with Crippen molar-refractivity contribution in [3.63, 3.8) is 0 Å². The predicted octanol–water partition coefficient (Wildman–Crippen LogP) is 5.21. The van der Waals surface area contributed by atoms with Gasteiger partial charge in [-0.25, -0.2) is 12.7 Å². The Hall–Kier alpha value is -2.00. The molecule has 0 saturated carbocycles. The van der Waals surface area contributed by atoms with Gasteiger partial charge in [0.15, 0.2) is 11.5 Å². The summed E-state index contributed by atoms with van der Waals surface area (Å²) in [6.45, 7) is 7.38. The molecule has 0 bridgehead atoms. The van der Waals surface area contributed by atoms with Crippen molar-refractivity contribution in [1.29, 1.82) is 0 Å². The minimum absolute atomic E-state index is 0.0779. The molecule has 0 radical (unpaired) electrons. The molecule has 1 heterocycles. The molecule has 1 amide bonds. The molecule has 1 N–H and O–H groups in total. The molecule has 1 aliphatic heterocycles. The molecule has 0 aromatic heterocycles. The zero-order valence-corrected chi connectivity index (χ0v) is 22.5. The molecule has 1 fully saturated rings. The third kappa shape index (κ3) is 7.26. The van der Waals surface area contributed by atoms with Gasteiger partial charge in [0.2, 0.25) is 15.9 Å². The van der Waals surface area contributed by atoms with Crippen molar-refractivity contribution in [2.24, 2.45) is 5.92 Å². The molecular weight excluding hydrogens is 511 g/mol. The van der Waals surface area contributed by atoms with E-state index in [0.29, 0.717) is 66.3 Å². The van der Waals surface area contributed by atoms with Gasteiger partial charge in [-0.2, -0.15) is 0 Å². The Labute approximate surface area is 217 Å². The van der Waals surface area contributed by atoms with Crippen molar-refractivity contribution in [2.75, 3.05) is 26.3 Å². The first-order chi connectivity index (χ1) is 16.6. The second-order valence-electron chi connectivity index (χ2n) is 8.48. The van der Waals surface area contributed by atoms with E-state index in [0.717, 1.165) is 5.56 Å². The number of rotatable bonds is 10. The van der Waals surface area contributed by atoms with Gasteiger partial charge in [-0.05, 0) is 69.0 Å². The van der Waals surface area contributed by atoms with E-state index in [-0.39, 0.29) is 23.6 Å². The number of sulfonamides is 1. The highest BCUT2D eigenvalue weighted by Crippen LogP contribution is 2.31. The topological polar surface area (TPSA) is 84.9 Å². The largest absolute Gasteiger partial charge is 0.490 e. The molecule has 1 aliphatic rings. The number of hydrogen-bond acceptors (Lipinski definition) is 5. The summed E-state index contributed by atoms with van der Waals surface area (Å²) in [5, 5.41) is 3.77. The fourth-order valence-electron chi connectivity index (χ4n) is 4.08. The lowest BCUT2D eigenvalue weighted by Gasteiger charge is -2.31. The van der Waals surface area contributed by atoms with Crippen molar-refractivity contribution < 1.29 is 22.7 Å². The van der Waals surface area contributed by atoms with Crippen LogP contribution in [0.25, 0.3) is 0 Å². The van der Waals surface area contributed by atoms with Gasteiger partial charge in [-0.3, -0.25) is 4.79 Å². The first-order valence-electron chi connectivity index (χ1n) is 11.8. The lowest BCUT2D eigenvalue weighted by molar-refractivity contribution is -0.126. The summed E-state index contributed by atoms with van der Waals surface area (Å²) >= 11 is 11.9. The summed E-state index contributed by atoms with van der Waals surface area (Å²) < 4.78 is 38.5. The Kier molecular flexibility index (Phi) is 9.69. The van der Waals surface area contributed by atoms with Gasteiger partial charge >= 0.3 is 0 Å². The SMILES string of the molecule is CCOc1ccc([C@H](C)NC(=O)C2CCN(S(=O)(=O)Cc3ccc(Cl)c(Cl)c3)CC2)cc1OCC. The quantitative estimate of drug-likeness (QED) is 0.445. The van der Waals surface area contributed by atoms with Gasteiger partial charge in [0.25, 0.3) is 0 Å². The zero-order chi connectivity index (χ0) is 25.6. The van der Waals surface area contributed by atoms with Crippen molar-refractivity contribution in [3.05, 3.63) is 57.6 Å². The number of halogens is 2. The lowest BCUT2D eigenvalue weighted by Crippen LogP contribution is -2.43. The summed E-state index contributed by atoms with van der Waals surface area (Å²) in [7, 11) is -3.53.